The van der Waals surface area contributed by atoms with Gasteiger partial charge in [-0.3, -0.25) is 14.5 Å². The fourth-order valence-electron chi connectivity index (χ4n) is 2.20. The van der Waals surface area contributed by atoms with Gasteiger partial charge in [-0.1, -0.05) is 13.0 Å². The number of carbonyl (C=O) groups excluding carboxylic acids is 2. The second kappa shape index (κ2) is 9.14. The molecule has 0 aliphatic rings. The molecular formula is C17H22N4O3S. The number of carbonyl (C=O) groups is 2. The second-order valence-corrected chi connectivity index (χ2v) is 6.27. The Morgan fingerprint density at radius 3 is 2.80 bits per heavy atom. The van der Waals surface area contributed by atoms with Gasteiger partial charge in [0.15, 0.2) is 5.13 Å². The van der Waals surface area contributed by atoms with Crippen LogP contribution in [0.25, 0.3) is 0 Å². The Bertz CT molecular complexity index is 732. The zero-order valence-electron chi connectivity index (χ0n) is 14.5. The molecule has 0 saturated heterocycles. The van der Waals surface area contributed by atoms with Gasteiger partial charge in [0.05, 0.1) is 19.3 Å². The number of anilines is 2. The summed E-state index contributed by atoms with van der Waals surface area (Å²) < 4.78 is 5.15. The van der Waals surface area contributed by atoms with Crippen LogP contribution >= 0.6 is 11.3 Å². The topological polar surface area (TPSA) is 83.6 Å². The molecule has 0 bridgehead atoms. The number of rotatable bonds is 8. The fourth-order valence-corrected chi connectivity index (χ4v) is 2.95. The van der Waals surface area contributed by atoms with Crippen molar-refractivity contribution in [2.24, 2.45) is 0 Å². The van der Waals surface area contributed by atoms with Crippen LogP contribution in [-0.4, -0.2) is 41.9 Å². The van der Waals surface area contributed by atoms with E-state index in [0.29, 0.717) is 29.7 Å². The highest BCUT2D eigenvalue weighted by Gasteiger charge is 2.12. The summed E-state index contributed by atoms with van der Waals surface area (Å²) in [5.41, 5.74) is 1.52. The molecule has 25 heavy (non-hydrogen) atoms. The van der Waals surface area contributed by atoms with E-state index in [1.54, 1.807) is 13.2 Å². The molecule has 0 unspecified atom stereocenters. The van der Waals surface area contributed by atoms with Crippen LogP contribution in [-0.2, 0) is 16.1 Å². The zero-order chi connectivity index (χ0) is 18.2. The van der Waals surface area contributed by atoms with E-state index in [0.717, 1.165) is 5.69 Å². The van der Waals surface area contributed by atoms with Crippen molar-refractivity contribution in [3.05, 3.63) is 35.3 Å². The highest BCUT2D eigenvalue weighted by atomic mass is 32.1. The number of ether oxygens (including phenoxy) is 1. The van der Waals surface area contributed by atoms with E-state index in [9.17, 15) is 9.59 Å². The maximum absolute atomic E-state index is 12.3. The van der Waals surface area contributed by atoms with Crippen molar-refractivity contribution < 1.29 is 14.3 Å². The summed E-state index contributed by atoms with van der Waals surface area (Å²) in [7, 11) is 1.59. The minimum absolute atomic E-state index is 0.104. The number of hydrogen-bond donors (Lipinski definition) is 2. The van der Waals surface area contributed by atoms with E-state index >= 15 is 0 Å². The Morgan fingerprint density at radius 1 is 1.32 bits per heavy atom. The Kier molecular flexibility index (Phi) is 6.91. The van der Waals surface area contributed by atoms with E-state index in [1.165, 1.54) is 18.3 Å². The molecule has 2 aromatic rings. The van der Waals surface area contributed by atoms with Crippen molar-refractivity contribution >= 4 is 34.0 Å². The Balaban J connectivity index is 1.90. The van der Waals surface area contributed by atoms with Gasteiger partial charge >= 0.3 is 0 Å². The van der Waals surface area contributed by atoms with Gasteiger partial charge < -0.3 is 15.4 Å². The first kappa shape index (κ1) is 18.9. The summed E-state index contributed by atoms with van der Waals surface area (Å²) in [6, 6.07) is 7.24. The number of likely N-dealkylation sites (N-methyl/N-ethyl adjacent to an activating group) is 1. The van der Waals surface area contributed by atoms with E-state index in [2.05, 4.69) is 15.6 Å². The first-order valence-corrected chi connectivity index (χ1v) is 8.76. The SMILES string of the molecule is CCN(CC(=O)Nc1cccc(OC)c1)Cc1csc(NC(C)=O)n1. The van der Waals surface area contributed by atoms with Gasteiger partial charge in [0, 0.05) is 30.6 Å². The van der Waals surface area contributed by atoms with Gasteiger partial charge in [0.1, 0.15) is 5.75 Å². The van der Waals surface area contributed by atoms with Crippen LogP contribution in [0, 0.1) is 0 Å². The average molecular weight is 362 g/mol. The number of nitrogens with one attached hydrogen (secondary N) is 2. The van der Waals surface area contributed by atoms with E-state index in [1.807, 2.05) is 35.4 Å². The Morgan fingerprint density at radius 2 is 2.12 bits per heavy atom. The third-order valence-electron chi connectivity index (χ3n) is 3.39. The molecule has 0 aliphatic carbocycles. The van der Waals surface area contributed by atoms with Gasteiger partial charge in [-0.25, -0.2) is 4.98 Å². The second-order valence-electron chi connectivity index (χ2n) is 5.41. The molecule has 2 N–H and O–H groups in total. The van der Waals surface area contributed by atoms with Crippen LogP contribution < -0.4 is 15.4 Å². The lowest BCUT2D eigenvalue weighted by molar-refractivity contribution is -0.117. The van der Waals surface area contributed by atoms with Crippen molar-refractivity contribution in [3.63, 3.8) is 0 Å². The van der Waals surface area contributed by atoms with Gasteiger partial charge in [-0.15, -0.1) is 11.3 Å². The number of thiazole rings is 1. The summed E-state index contributed by atoms with van der Waals surface area (Å²) in [6.07, 6.45) is 0. The molecule has 7 nitrogen and oxygen atoms in total. The summed E-state index contributed by atoms with van der Waals surface area (Å²) in [4.78, 5) is 29.6. The Labute approximate surface area is 151 Å². The van der Waals surface area contributed by atoms with Crippen LogP contribution in [0.15, 0.2) is 29.6 Å². The predicted octanol–water partition coefficient (Wildman–Crippen LogP) is 2.57. The largest absolute Gasteiger partial charge is 0.497 e. The summed E-state index contributed by atoms with van der Waals surface area (Å²) in [5.74, 6) is 0.441. The number of amides is 2. The van der Waals surface area contributed by atoms with Crippen molar-refractivity contribution in [1.29, 1.82) is 0 Å². The maximum atomic E-state index is 12.3. The molecule has 2 rings (SSSR count). The van der Waals surface area contributed by atoms with Crippen LogP contribution in [0.4, 0.5) is 10.8 Å². The van der Waals surface area contributed by atoms with Gasteiger partial charge in [-0.05, 0) is 18.7 Å². The standard InChI is InChI=1S/C17H22N4O3S/c1-4-21(9-14-11-25-17(20-14)18-12(2)22)10-16(23)19-13-6-5-7-15(8-13)24-3/h5-8,11H,4,9-10H2,1-3H3,(H,19,23)(H,18,20,22). The highest BCUT2D eigenvalue weighted by Crippen LogP contribution is 2.18. The average Bonchev–Trinajstić information content (AvgIpc) is 3.00. The quantitative estimate of drug-likeness (QED) is 0.754. The zero-order valence-corrected chi connectivity index (χ0v) is 15.4. The van der Waals surface area contributed by atoms with Crippen molar-refractivity contribution in [2.45, 2.75) is 20.4 Å². The third-order valence-corrected chi connectivity index (χ3v) is 4.19. The molecule has 0 fully saturated rings. The number of hydrogen-bond acceptors (Lipinski definition) is 6. The summed E-state index contributed by atoms with van der Waals surface area (Å²) in [5, 5.41) is 7.97. The molecular weight excluding hydrogens is 340 g/mol. The lowest BCUT2D eigenvalue weighted by Gasteiger charge is -2.18. The number of aromatic nitrogens is 1. The highest BCUT2D eigenvalue weighted by molar-refractivity contribution is 7.13. The first-order valence-electron chi connectivity index (χ1n) is 7.88. The van der Waals surface area contributed by atoms with Crippen LogP contribution in [0.1, 0.15) is 19.5 Å². The van der Waals surface area contributed by atoms with Gasteiger partial charge in [0.25, 0.3) is 0 Å². The van der Waals surface area contributed by atoms with E-state index in [-0.39, 0.29) is 18.4 Å². The molecule has 8 heteroatoms. The van der Waals surface area contributed by atoms with Crippen LogP contribution in [0.2, 0.25) is 0 Å². The molecule has 0 atom stereocenters. The molecule has 1 aromatic carbocycles. The molecule has 134 valence electrons. The van der Waals surface area contributed by atoms with Crippen molar-refractivity contribution in [2.75, 3.05) is 30.8 Å². The minimum Gasteiger partial charge on any atom is -0.497 e. The lowest BCUT2D eigenvalue weighted by Crippen LogP contribution is -2.32. The molecule has 0 aliphatic heterocycles. The molecule has 1 aromatic heterocycles. The normalized spacial score (nSPS) is 10.6. The predicted molar refractivity (Wildman–Crippen MR) is 99.0 cm³/mol. The van der Waals surface area contributed by atoms with Gasteiger partial charge in [0.2, 0.25) is 11.8 Å². The summed E-state index contributed by atoms with van der Waals surface area (Å²) >= 11 is 1.37. The monoisotopic (exact) mass is 362 g/mol. The number of nitrogens with zero attached hydrogens (tertiary/aromatic N) is 2. The molecule has 0 saturated carbocycles. The molecule has 0 spiro atoms. The third kappa shape index (κ3) is 6.17. The smallest absolute Gasteiger partial charge is 0.238 e. The number of benzene rings is 1. The van der Waals surface area contributed by atoms with Crippen molar-refractivity contribution in [1.82, 2.24) is 9.88 Å². The first-order chi connectivity index (χ1) is 12.0. The minimum atomic E-state index is -0.147. The molecule has 0 radical (unpaired) electrons. The lowest BCUT2D eigenvalue weighted by atomic mass is 10.3. The fraction of sp³-hybridized carbons (Fsp3) is 0.353. The van der Waals surface area contributed by atoms with Crippen LogP contribution in [0.5, 0.6) is 5.75 Å². The molecule has 2 amide bonds. The van der Waals surface area contributed by atoms with Crippen molar-refractivity contribution in [3.8, 4) is 5.75 Å². The van der Waals surface area contributed by atoms with E-state index < -0.39 is 0 Å². The summed E-state index contributed by atoms with van der Waals surface area (Å²) in [6.45, 7) is 4.93. The molecule has 1 heterocycles. The van der Waals surface area contributed by atoms with E-state index in [4.69, 9.17) is 4.74 Å². The van der Waals surface area contributed by atoms with Gasteiger partial charge in [-0.2, -0.15) is 0 Å². The maximum Gasteiger partial charge on any atom is 0.238 e. The van der Waals surface area contributed by atoms with Crippen LogP contribution in [0.3, 0.4) is 0 Å². The Hall–Kier alpha value is -2.45. The number of methoxy groups -OCH3 is 1.